The van der Waals surface area contributed by atoms with Crippen molar-refractivity contribution in [3.8, 4) is 0 Å². The van der Waals surface area contributed by atoms with Gasteiger partial charge < -0.3 is 4.98 Å². The van der Waals surface area contributed by atoms with Crippen LogP contribution < -0.4 is 5.56 Å². The highest BCUT2D eigenvalue weighted by atomic mass is 32.1. The number of nitrogens with zero attached hydrogens (tertiary/aromatic N) is 1. The molecule has 2 unspecified atom stereocenters. The number of fused-ring (bicyclic) bond motifs is 1. The van der Waals surface area contributed by atoms with Crippen LogP contribution in [0.1, 0.15) is 26.2 Å². The SMILES string of the molecule is CC1CCC(Cn2c(=S)[nH]c3sccc3c2=O)C1. The largest absolute Gasteiger partial charge is 0.323 e. The van der Waals surface area contributed by atoms with Crippen molar-refractivity contribution in [3.63, 3.8) is 0 Å². The number of rotatable bonds is 2. The molecule has 0 aliphatic heterocycles. The van der Waals surface area contributed by atoms with Crippen LogP contribution in [0.25, 0.3) is 10.2 Å². The number of thiophene rings is 1. The Kier molecular flexibility index (Phi) is 3.11. The van der Waals surface area contributed by atoms with E-state index in [0.29, 0.717) is 10.7 Å². The average molecular weight is 280 g/mol. The molecule has 1 N–H and O–H groups in total. The van der Waals surface area contributed by atoms with Crippen molar-refractivity contribution in [3.05, 3.63) is 26.6 Å². The Hall–Kier alpha value is -0.940. The molecule has 3 nitrogen and oxygen atoms in total. The van der Waals surface area contributed by atoms with Crippen LogP contribution in [0.15, 0.2) is 16.2 Å². The van der Waals surface area contributed by atoms with Crippen LogP contribution in [0.4, 0.5) is 0 Å². The first-order chi connectivity index (χ1) is 8.65. The Morgan fingerprint density at radius 2 is 2.39 bits per heavy atom. The molecule has 18 heavy (non-hydrogen) atoms. The zero-order valence-electron chi connectivity index (χ0n) is 10.3. The smallest absolute Gasteiger partial charge is 0.263 e. The summed E-state index contributed by atoms with van der Waals surface area (Å²) in [6, 6.07) is 1.88. The summed E-state index contributed by atoms with van der Waals surface area (Å²) >= 11 is 6.84. The molecule has 96 valence electrons. The number of aromatic nitrogens is 2. The van der Waals surface area contributed by atoms with Crippen molar-refractivity contribution < 1.29 is 0 Å². The molecule has 2 aromatic rings. The summed E-state index contributed by atoms with van der Waals surface area (Å²) < 4.78 is 2.31. The molecule has 1 fully saturated rings. The normalized spacial score (nSPS) is 23.8. The summed E-state index contributed by atoms with van der Waals surface area (Å²) in [6.45, 7) is 3.05. The molecule has 2 atom stereocenters. The van der Waals surface area contributed by atoms with Gasteiger partial charge in [0.25, 0.3) is 5.56 Å². The fourth-order valence-corrected chi connectivity index (χ4v) is 3.99. The molecule has 5 heteroatoms. The molecule has 0 saturated heterocycles. The van der Waals surface area contributed by atoms with Crippen molar-refractivity contribution in [2.24, 2.45) is 11.8 Å². The van der Waals surface area contributed by atoms with Crippen molar-refractivity contribution >= 4 is 33.8 Å². The van der Waals surface area contributed by atoms with E-state index in [4.69, 9.17) is 12.2 Å². The van der Waals surface area contributed by atoms with Gasteiger partial charge in [0, 0.05) is 6.54 Å². The van der Waals surface area contributed by atoms with E-state index in [-0.39, 0.29) is 5.56 Å². The number of hydrogen-bond donors (Lipinski definition) is 1. The second-order valence-electron chi connectivity index (χ2n) is 5.29. The van der Waals surface area contributed by atoms with E-state index in [9.17, 15) is 4.79 Å². The van der Waals surface area contributed by atoms with E-state index in [0.717, 1.165) is 22.7 Å². The van der Waals surface area contributed by atoms with Crippen LogP contribution in [0.5, 0.6) is 0 Å². The van der Waals surface area contributed by atoms with E-state index in [2.05, 4.69) is 11.9 Å². The van der Waals surface area contributed by atoms with Gasteiger partial charge in [-0.15, -0.1) is 11.3 Å². The third-order valence-electron chi connectivity index (χ3n) is 3.85. The summed E-state index contributed by atoms with van der Waals surface area (Å²) in [5.74, 6) is 1.39. The second-order valence-corrected chi connectivity index (χ2v) is 6.60. The van der Waals surface area contributed by atoms with Gasteiger partial charge in [-0.25, -0.2) is 0 Å². The zero-order chi connectivity index (χ0) is 12.7. The molecule has 2 aromatic heterocycles. The molecule has 2 heterocycles. The van der Waals surface area contributed by atoms with Gasteiger partial charge in [0.1, 0.15) is 4.83 Å². The monoisotopic (exact) mass is 280 g/mol. The predicted molar refractivity (Wildman–Crippen MR) is 77.8 cm³/mol. The van der Waals surface area contributed by atoms with Crippen LogP contribution in [0.2, 0.25) is 0 Å². The first kappa shape index (κ1) is 12.1. The molecule has 1 aliphatic rings. The van der Waals surface area contributed by atoms with Crippen molar-refractivity contribution in [2.45, 2.75) is 32.7 Å². The number of H-pyrrole nitrogens is 1. The van der Waals surface area contributed by atoms with Crippen LogP contribution in [-0.4, -0.2) is 9.55 Å². The van der Waals surface area contributed by atoms with Gasteiger partial charge >= 0.3 is 0 Å². The molecule has 0 spiro atoms. The lowest BCUT2D eigenvalue weighted by Gasteiger charge is -2.12. The highest BCUT2D eigenvalue weighted by Crippen LogP contribution is 2.31. The van der Waals surface area contributed by atoms with Crippen molar-refractivity contribution in [1.29, 1.82) is 0 Å². The second kappa shape index (κ2) is 4.63. The lowest BCUT2D eigenvalue weighted by Crippen LogP contribution is -2.24. The minimum atomic E-state index is 0.0644. The van der Waals surface area contributed by atoms with Crippen LogP contribution in [-0.2, 0) is 6.54 Å². The van der Waals surface area contributed by atoms with Gasteiger partial charge in [0.2, 0.25) is 0 Å². The van der Waals surface area contributed by atoms with E-state index >= 15 is 0 Å². The molecule has 1 aliphatic carbocycles. The summed E-state index contributed by atoms with van der Waals surface area (Å²) in [6.07, 6.45) is 3.70. The molecule has 0 bridgehead atoms. The summed E-state index contributed by atoms with van der Waals surface area (Å²) in [7, 11) is 0. The third kappa shape index (κ3) is 2.06. The van der Waals surface area contributed by atoms with Crippen molar-refractivity contribution in [1.82, 2.24) is 9.55 Å². The highest BCUT2D eigenvalue weighted by Gasteiger charge is 2.22. The van der Waals surface area contributed by atoms with Crippen LogP contribution in [0.3, 0.4) is 0 Å². The Labute approximate surface area is 114 Å². The number of hydrogen-bond acceptors (Lipinski definition) is 3. The van der Waals surface area contributed by atoms with Gasteiger partial charge in [0.05, 0.1) is 5.39 Å². The predicted octanol–water partition coefficient (Wildman–Crippen LogP) is 3.56. The van der Waals surface area contributed by atoms with Crippen molar-refractivity contribution in [2.75, 3.05) is 0 Å². The molecule has 1 saturated carbocycles. The lowest BCUT2D eigenvalue weighted by molar-refractivity contribution is 0.429. The first-order valence-corrected chi connectivity index (χ1v) is 7.64. The summed E-state index contributed by atoms with van der Waals surface area (Å²) in [4.78, 5) is 16.4. The van der Waals surface area contributed by atoms with Gasteiger partial charge in [-0.3, -0.25) is 9.36 Å². The Balaban J connectivity index is 2.01. The number of nitrogens with one attached hydrogen (secondary N) is 1. The number of aromatic amines is 1. The molecule has 0 radical (unpaired) electrons. The molecular formula is C13H16N2OS2. The quantitative estimate of drug-likeness (QED) is 0.854. The zero-order valence-corrected chi connectivity index (χ0v) is 11.9. The molecule has 0 aromatic carbocycles. The first-order valence-electron chi connectivity index (χ1n) is 6.35. The molecule has 0 amide bonds. The fraction of sp³-hybridized carbons (Fsp3) is 0.538. The van der Waals surface area contributed by atoms with Gasteiger partial charge in [-0.1, -0.05) is 13.3 Å². The van der Waals surface area contributed by atoms with Crippen LogP contribution >= 0.6 is 23.6 Å². The summed E-state index contributed by atoms with van der Waals surface area (Å²) in [5.41, 5.74) is 0.0644. The van der Waals surface area contributed by atoms with Crippen LogP contribution in [0, 0.1) is 16.6 Å². The maximum absolute atomic E-state index is 12.4. The average Bonchev–Trinajstić information content (AvgIpc) is 2.93. The minimum absolute atomic E-state index is 0.0644. The third-order valence-corrected chi connectivity index (χ3v) is 5.00. The summed E-state index contributed by atoms with van der Waals surface area (Å²) in [5, 5.41) is 2.69. The maximum atomic E-state index is 12.4. The highest BCUT2D eigenvalue weighted by molar-refractivity contribution is 7.71. The minimum Gasteiger partial charge on any atom is -0.323 e. The van der Waals surface area contributed by atoms with Gasteiger partial charge in [-0.05, 0) is 48.3 Å². The van der Waals surface area contributed by atoms with Gasteiger partial charge in [-0.2, -0.15) is 0 Å². The Bertz CT molecular complexity index is 682. The maximum Gasteiger partial charge on any atom is 0.263 e. The Morgan fingerprint density at radius 1 is 1.56 bits per heavy atom. The van der Waals surface area contributed by atoms with Gasteiger partial charge in [0.15, 0.2) is 4.77 Å². The van der Waals surface area contributed by atoms with E-state index < -0.39 is 0 Å². The molecule has 3 rings (SSSR count). The van der Waals surface area contributed by atoms with E-state index in [1.807, 2.05) is 11.4 Å². The molecular weight excluding hydrogens is 264 g/mol. The van der Waals surface area contributed by atoms with E-state index in [1.54, 1.807) is 4.57 Å². The topological polar surface area (TPSA) is 37.8 Å². The van der Waals surface area contributed by atoms with E-state index in [1.165, 1.54) is 30.6 Å². The Morgan fingerprint density at radius 3 is 3.11 bits per heavy atom. The fourth-order valence-electron chi connectivity index (χ4n) is 2.89. The standard InChI is InChI=1S/C13H16N2OS2/c1-8-2-3-9(6-8)7-15-12(16)10-4-5-18-11(10)14-13(15)17/h4-5,8-9H,2-3,6-7H2,1H3,(H,14,17). The lowest BCUT2D eigenvalue weighted by atomic mass is 10.1.